The van der Waals surface area contributed by atoms with Gasteiger partial charge in [0.2, 0.25) is 0 Å². The highest BCUT2D eigenvalue weighted by molar-refractivity contribution is 7.12. The molecular formula is C21H25FN4O3S. The van der Waals surface area contributed by atoms with E-state index in [1.54, 1.807) is 25.1 Å². The highest BCUT2D eigenvalue weighted by atomic mass is 32.1. The number of hydrogen-bond acceptors (Lipinski definition) is 5. The van der Waals surface area contributed by atoms with Gasteiger partial charge in [0, 0.05) is 32.2 Å². The van der Waals surface area contributed by atoms with Crippen LogP contribution in [0.3, 0.4) is 0 Å². The summed E-state index contributed by atoms with van der Waals surface area (Å²) in [6, 6.07) is 9.32. The van der Waals surface area contributed by atoms with E-state index in [9.17, 15) is 14.0 Å². The van der Waals surface area contributed by atoms with Gasteiger partial charge in [-0.05, 0) is 24.4 Å². The summed E-state index contributed by atoms with van der Waals surface area (Å²) in [4.78, 5) is 27.8. The number of thiophene rings is 1. The van der Waals surface area contributed by atoms with Gasteiger partial charge in [0.05, 0.1) is 23.2 Å². The van der Waals surface area contributed by atoms with Crippen molar-refractivity contribution in [2.75, 3.05) is 33.4 Å². The zero-order chi connectivity index (χ0) is 21.5. The number of hydrogen-bond donors (Lipinski definition) is 1. The lowest BCUT2D eigenvalue weighted by atomic mass is 10.0. The Labute approximate surface area is 179 Å². The summed E-state index contributed by atoms with van der Waals surface area (Å²) in [5, 5.41) is 10.5. The number of methoxy groups -OCH3 is 1. The van der Waals surface area contributed by atoms with Crippen molar-refractivity contribution in [2.24, 2.45) is 5.10 Å². The Bertz CT molecular complexity index is 903. The summed E-state index contributed by atoms with van der Waals surface area (Å²) in [5.41, 5.74) is 1.13. The molecule has 1 aliphatic rings. The van der Waals surface area contributed by atoms with Crippen LogP contribution >= 0.6 is 11.3 Å². The van der Waals surface area contributed by atoms with Crippen LogP contribution in [-0.4, -0.2) is 60.9 Å². The Morgan fingerprint density at radius 1 is 1.33 bits per heavy atom. The molecule has 1 aliphatic heterocycles. The van der Waals surface area contributed by atoms with Gasteiger partial charge in [-0.1, -0.05) is 24.3 Å². The van der Waals surface area contributed by atoms with E-state index < -0.39 is 6.04 Å². The summed E-state index contributed by atoms with van der Waals surface area (Å²) >= 11 is 1.52. The van der Waals surface area contributed by atoms with Crippen LogP contribution in [0, 0.1) is 5.82 Å². The van der Waals surface area contributed by atoms with Crippen molar-refractivity contribution in [3.05, 3.63) is 58.0 Å². The molecular weight excluding hydrogens is 407 g/mol. The third-order valence-corrected chi connectivity index (χ3v) is 5.66. The van der Waals surface area contributed by atoms with Crippen LogP contribution in [0.25, 0.3) is 0 Å². The van der Waals surface area contributed by atoms with Crippen LogP contribution in [-0.2, 0) is 9.53 Å². The van der Waals surface area contributed by atoms with Crippen molar-refractivity contribution in [1.82, 2.24) is 15.2 Å². The number of halogens is 1. The third kappa shape index (κ3) is 5.03. The number of nitrogens with one attached hydrogen (secondary N) is 1. The fourth-order valence-electron chi connectivity index (χ4n) is 3.27. The molecule has 1 aromatic heterocycles. The van der Waals surface area contributed by atoms with Crippen molar-refractivity contribution in [2.45, 2.75) is 19.4 Å². The predicted molar refractivity (Wildman–Crippen MR) is 114 cm³/mol. The van der Waals surface area contributed by atoms with Crippen molar-refractivity contribution in [1.29, 1.82) is 0 Å². The van der Waals surface area contributed by atoms with Gasteiger partial charge in [-0.2, -0.15) is 5.10 Å². The van der Waals surface area contributed by atoms with E-state index >= 15 is 0 Å². The lowest BCUT2D eigenvalue weighted by molar-refractivity contribution is -0.133. The molecule has 160 valence electrons. The van der Waals surface area contributed by atoms with Crippen molar-refractivity contribution in [3.8, 4) is 0 Å². The first-order valence-electron chi connectivity index (χ1n) is 9.74. The minimum absolute atomic E-state index is 0.179. The van der Waals surface area contributed by atoms with Gasteiger partial charge >= 0.3 is 6.03 Å². The quantitative estimate of drug-likeness (QED) is 0.696. The van der Waals surface area contributed by atoms with Gasteiger partial charge in [-0.3, -0.25) is 4.79 Å². The standard InChI is InChI=1S/C21H25FN4O3S/c1-3-23-21(28)25(10-11-29-2)14-20(27)26-18(15-7-4-5-8-16(15)22)13-17(24-26)19-9-6-12-30-19/h4-9,12,18H,3,10-11,13-14H2,1-2H3,(H,23,28)/t18-/m1/s1. The van der Waals surface area contributed by atoms with Crippen LogP contribution in [0.2, 0.25) is 0 Å². The van der Waals surface area contributed by atoms with Crippen molar-refractivity contribution < 1.29 is 18.7 Å². The van der Waals surface area contributed by atoms with Gasteiger partial charge in [0.25, 0.3) is 5.91 Å². The van der Waals surface area contributed by atoms with Gasteiger partial charge in [0.15, 0.2) is 0 Å². The molecule has 0 fully saturated rings. The number of hydrazone groups is 1. The average molecular weight is 433 g/mol. The van der Waals surface area contributed by atoms with Crippen molar-refractivity contribution in [3.63, 3.8) is 0 Å². The van der Waals surface area contributed by atoms with Gasteiger partial charge in [-0.15, -0.1) is 11.3 Å². The summed E-state index contributed by atoms with van der Waals surface area (Å²) in [5.74, 6) is -0.764. The number of rotatable bonds is 8. The molecule has 7 nitrogen and oxygen atoms in total. The van der Waals surface area contributed by atoms with Crippen LogP contribution < -0.4 is 5.32 Å². The maximum atomic E-state index is 14.5. The smallest absolute Gasteiger partial charge is 0.317 e. The second kappa shape index (κ2) is 10.3. The molecule has 2 aromatic rings. The zero-order valence-corrected chi connectivity index (χ0v) is 17.8. The lowest BCUT2D eigenvalue weighted by Gasteiger charge is -2.27. The minimum Gasteiger partial charge on any atom is -0.383 e. The average Bonchev–Trinajstić information content (AvgIpc) is 3.41. The lowest BCUT2D eigenvalue weighted by Crippen LogP contribution is -2.47. The fourth-order valence-corrected chi connectivity index (χ4v) is 3.99. The fraction of sp³-hybridized carbons (Fsp3) is 0.381. The van der Waals surface area contributed by atoms with Crippen LogP contribution in [0.4, 0.5) is 9.18 Å². The van der Waals surface area contributed by atoms with Crippen LogP contribution in [0.15, 0.2) is 46.9 Å². The molecule has 0 bridgehead atoms. The zero-order valence-electron chi connectivity index (χ0n) is 17.0. The van der Waals surface area contributed by atoms with E-state index in [1.165, 1.54) is 34.4 Å². The SMILES string of the molecule is CCNC(=O)N(CCOC)CC(=O)N1N=C(c2cccs2)C[C@@H]1c1ccccc1F. The largest absolute Gasteiger partial charge is 0.383 e. The molecule has 0 spiro atoms. The first-order chi connectivity index (χ1) is 14.5. The van der Waals surface area contributed by atoms with E-state index in [0.29, 0.717) is 25.1 Å². The molecule has 3 amide bonds. The molecule has 1 aromatic carbocycles. The second-order valence-electron chi connectivity index (χ2n) is 6.75. The number of ether oxygens (including phenoxy) is 1. The van der Waals surface area contributed by atoms with Gasteiger partial charge in [-0.25, -0.2) is 14.2 Å². The number of carbonyl (C=O) groups is 2. The number of benzene rings is 1. The molecule has 3 rings (SSSR count). The molecule has 1 atom stereocenters. The third-order valence-electron chi connectivity index (χ3n) is 4.74. The van der Waals surface area contributed by atoms with E-state index in [2.05, 4.69) is 10.4 Å². The normalized spacial score (nSPS) is 15.8. The van der Waals surface area contributed by atoms with Crippen LogP contribution in [0.5, 0.6) is 0 Å². The highest BCUT2D eigenvalue weighted by Gasteiger charge is 2.35. The highest BCUT2D eigenvalue weighted by Crippen LogP contribution is 2.35. The molecule has 1 N–H and O–H groups in total. The second-order valence-corrected chi connectivity index (χ2v) is 7.70. The summed E-state index contributed by atoms with van der Waals surface area (Å²) < 4.78 is 19.6. The molecule has 9 heteroatoms. The van der Waals surface area contributed by atoms with E-state index in [0.717, 1.165) is 10.6 Å². The maximum Gasteiger partial charge on any atom is 0.317 e. The molecule has 30 heavy (non-hydrogen) atoms. The molecule has 0 saturated carbocycles. The molecule has 0 saturated heterocycles. The van der Waals surface area contributed by atoms with Crippen LogP contribution in [0.1, 0.15) is 29.8 Å². The molecule has 2 heterocycles. The van der Waals surface area contributed by atoms with E-state index in [1.807, 2.05) is 17.5 Å². The predicted octanol–water partition coefficient (Wildman–Crippen LogP) is 3.24. The Balaban J connectivity index is 1.86. The van der Waals surface area contributed by atoms with Crippen molar-refractivity contribution >= 4 is 29.0 Å². The van der Waals surface area contributed by atoms with Gasteiger partial charge < -0.3 is 15.0 Å². The summed E-state index contributed by atoms with van der Waals surface area (Å²) in [6.07, 6.45) is 0.409. The first kappa shape index (κ1) is 21.9. The monoisotopic (exact) mass is 432 g/mol. The van der Waals surface area contributed by atoms with E-state index in [-0.39, 0.29) is 30.8 Å². The molecule has 0 aliphatic carbocycles. The maximum absolute atomic E-state index is 14.5. The summed E-state index contributed by atoms with van der Waals surface area (Å²) in [7, 11) is 1.53. The Morgan fingerprint density at radius 3 is 2.80 bits per heavy atom. The molecule has 0 unspecified atom stereocenters. The number of carbonyl (C=O) groups excluding carboxylic acids is 2. The number of amides is 3. The van der Waals surface area contributed by atoms with E-state index in [4.69, 9.17) is 4.74 Å². The molecule has 0 radical (unpaired) electrons. The number of urea groups is 1. The van der Waals surface area contributed by atoms with Gasteiger partial charge in [0.1, 0.15) is 12.4 Å². The Hall–Kier alpha value is -2.78. The minimum atomic E-state index is -0.561. The topological polar surface area (TPSA) is 74.2 Å². The Kier molecular flexibility index (Phi) is 7.53. The Morgan fingerprint density at radius 2 is 2.13 bits per heavy atom. The first-order valence-corrected chi connectivity index (χ1v) is 10.6. The number of nitrogens with zero attached hydrogens (tertiary/aromatic N) is 3. The summed E-state index contributed by atoms with van der Waals surface area (Å²) in [6.45, 7) is 2.62.